The van der Waals surface area contributed by atoms with Crippen molar-refractivity contribution in [2.75, 3.05) is 6.54 Å². The van der Waals surface area contributed by atoms with E-state index in [1.165, 1.54) is 11.8 Å². The van der Waals surface area contributed by atoms with Crippen LogP contribution in [-0.2, 0) is 17.6 Å². The number of amides is 1. The number of carbonyl (C=O) groups excluding carboxylic acids is 1. The van der Waals surface area contributed by atoms with E-state index >= 15 is 0 Å². The zero-order valence-electron chi connectivity index (χ0n) is 10.7. The number of hydrogen-bond acceptors (Lipinski definition) is 4. The quantitative estimate of drug-likeness (QED) is 0.774. The SMILES string of the molecule is CC(O)(CNC(=O)c1csc2c1CCCC2)C(=O)O. The van der Waals surface area contributed by atoms with Crippen molar-refractivity contribution >= 4 is 23.2 Å². The second kappa shape index (κ2) is 5.30. The van der Waals surface area contributed by atoms with Crippen molar-refractivity contribution in [2.24, 2.45) is 0 Å². The number of aliphatic carboxylic acids is 1. The van der Waals surface area contributed by atoms with Gasteiger partial charge in [0.15, 0.2) is 5.60 Å². The third kappa shape index (κ3) is 2.96. The summed E-state index contributed by atoms with van der Waals surface area (Å²) >= 11 is 1.58. The Morgan fingerprint density at radius 1 is 1.42 bits per heavy atom. The maximum atomic E-state index is 12.0. The van der Waals surface area contributed by atoms with Gasteiger partial charge in [0.05, 0.1) is 12.1 Å². The number of fused-ring (bicyclic) bond motifs is 1. The Kier molecular flexibility index (Phi) is 3.91. The first kappa shape index (κ1) is 14.0. The van der Waals surface area contributed by atoms with Crippen LogP contribution in [-0.4, -0.2) is 34.2 Å². The highest BCUT2D eigenvalue weighted by Crippen LogP contribution is 2.30. The predicted molar refractivity (Wildman–Crippen MR) is 71.6 cm³/mol. The molecule has 1 aliphatic carbocycles. The topological polar surface area (TPSA) is 86.6 Å². The lowest BCUT2D eigenvalue weighted by molar-refractivity contribution is -0.155. The Balaban J connectivity index is 2.05. The van der Waals surface area contributed by atoms with E-state index in [0.29, 0.717) is 5.56 Å². The van der Waals surface area contributed by atoms with Crippen LogP contribution >= 0.6 is 11.3 Å². The predicted octanol–water partition coefficient (Wildman–Crippen LogP) is 1.19. The molecule has 1 aromatic rings. The van der Waals surface area contributed by atoms with Crippen LogP contribution in [0.4, 0.5) is 0 Å². The van der Waals surface area contributed by atoms with Gasteiger partial charge in [-0.15, -0.1) is 11.3 Å². The number of aliphatic hydroxyl groups is 1. The maximum absolute atomic E-state index is 12.0. The second-order valence-electron chi connectivity index (χ2n) is 5.02. The van der Waals surface area contributed by atoms with E-state index in [0.717, 1.165) is 31.2 Å². The van der Waals surface area contributed by atoms with E-state index in [1.807, 2.05) is 5.38 Å². The summed E-state index contributed by atoms with van der Waals surface area (Å²) in [5, 5.41) is 22.7. The molecule has 0 saturated carbocycles. The molecule has 5 nitrogen and oxygen atoms in total. The number of thiophene rings is 1. The molecule has 104 valence electrons. The van der Waals surface area contributed by atoms with Crippen LogP contribution in [0.15, 0.2) is 5.38 Å². The van der Waals surface area contributed by atoms with Gasteiger partial charge in [-0.2, -0.15) is 0 Å². The van der Waals surface area contributed by atoms with Gasteiger partial charge in [-0.1, -0.05) is 0 Å². The molecule has 6 heteroatoms. The Labute approximate surface area is 115 Å². The highest BCUT2D eigenvalue weighted by atomic mass is 32.1. The summed E-state index contributed by atoms with van der Waals surface area (Å²) in [4.78, 5) is 24.0. The number of carbonyl (C=O) groups is 2. The molecule has 3 N–H and O–H groups in total. The fourth-order valence-corrected chi connectivity index (χ4v) is 3.23. The first-order chi connectivity index (χ1) is 8.92. The van der Waals surface area contributed by atoms with E-state index in [2.05, 4.69) is 5.32 Å². The van der Waals surface area contributed by atoms with E-state index in [9.17, 15) is 14.7 Å². The first-order valence-electron chi connectivity index (χ1n) is 6.25. The number of nitrogens with one attached hydrogen (secondary N) is 1. The van der Waals surface area contributed by atoms with Gasteiger partial charge < -0.3 is 15.5 Å². The molecule has 2 rings (SSSR count). The molecule has 0 radical (unpaired) electrons. The van der Waals surface area contributed by atoms with Gasteiger partial charge in [-0.25, -0.2) is 4.79 Å². The van der Waals surface area contributed by atoms with E-state index < -0.39 is 11.6 Å². The lowest BCUT2D eigenvalue weighted by atomic mass is 9.95. The van der Waals surface area contributed by atoms with Crippen molar-refractivity contribution in [3.63, 3.8) is 0 Å². The zero-order chi connectivity index (χ0) is 14.0. The van der Waals surface area contributed by atoms with Crippen LogP contribution in [0.25, 0.3) is 0 Å². The van der Waals surface area contributed by atoms with Gasteiger partial charge >= 0.3 is 5.97 Å². The minimum Gasteiger partial charge on any atom is -0.479 e. The van der Waals surface area contributed by atoms with Crippen LogP contribution < -0.4 is 5.32 Å². The minimum absolute atomic E-state index is 0.300. The lowest BCUT2D eigenvalue weighted by Gasteiger charge is -2.18. The molecule has 1 aliphatic rings. The first-order valence-corrected chi connectivity index (χ1v) is 7.13. The zero-order valence-corrected chi connectivity index (χ0v) is 11.5. The van der Waals surface area contributed by atoms with Crippen molar-refractivity contribution < 1.29 is 19.8 Å². The average molecular weight is 283 g/mol. The molecule has 1 aromatic heterocycles. The molecule has 1 heterocycles. The summed E-state index contributed by atoms with van der Waals surface area (Å²) in [6.07, 6.45) is 4.15. The monoisotopic (exact) mass is 283 g/mol. The summed E-state index contributed by atoms with van der Waals surface area (Å²) in [5.74, 6) is -1.65. The van der Waals surface area contributed by atoms with Crippen LogP contribution in [0.1, 0.15) is 40.6 Å². The van der Waals surface area contributed by atoms with Gasteiger partial charge in [-0.05, 0) is 38.2 Å². The number of carboxylic acid groups (broad SMARTS) is 1. The normalized spacial score (nSPS) is 17.4. The molecule has 1 atom stereocenters. The van der Waals surface area contributed by atoms with E-state index in [1.54, 1.807) is 11.3 Å². The molecule has 1 amide bonds. The molecule has 0 spiro atoms. The smallest absolute Gasteiger partial charge is 0.337 e. The molecule has 0 aromatic carbocycles. The Morgan fingerprint density at radius 3 is 2.79 bits per heavy atom. The van der Waals surface area contributed by atoms with Gasteiger partial charge in [-0.3, -0.25) is 4.79 Å². The van der Waals surface area contributed by atoms with Gasteiger partial charge in [0, 0.05) is 10.3 Å². The van der Waals surface area contributed by atoms with E-state index in [-0.39, 0.29) is 12.5 Å². The van der Waals surface area contributed by atoms with Crippen molar-refractivity contribution in [1.29, 1.82) is 0 Å². The Morgan fingerprint density at radius 2 is 2.11 bits per heavy atom. The summed E-state index contributed by atoms with van der Waals surface area (Å²) in [6.45, 7) is 0.866. The van der Waals surface area contributed by atoms with E-state index in [4.69, 9.17) is 5.11 Å². The van der Waals surface area contributed by atoms with Gasteiger partial charge in [0.2, 0.25) is 0 Å². The van der Waals surface area contributed by atoms with Crippen molar-refractivity contribution in [1.82, 2.24) is 5.32 Å². The minimum atomic E-state index is -1.94. The van der Waals surface area contributed by atoms with Crippen LogP contribution in [0.5, 0.6) is 0 Å². The summed E-state index contributed by atoms with van der Waals surface area (Å²) in [6, 6.07) is 0. The highest BCUT2D eigenvalue weighted by molar-refractivity contribution is 7.10. The molecular weight excluding hydrogens is 266 g/mol. The largest absolute Gasteiger partial charge is 0.479 e. The molecule has 19 heavy (non-hydrogen) atoms. The third-order valence-corrected chi connectivity index (χ3v) is 4.45. The second-order valence-corrected chi connectivity index (χ2v) is 5.98. The number of aryl methyl sites for hydroxylation is 1. The average Bonchev–Trinajstić information content (AvgIpc) is 2.79. The molecule has 1 unspecified atom stereocenters. The fraction of sp³-hybridized carbons (Fsp3) is 0.538. The molecule has 0 aliphatic heterocycles. The van der Waals surface area contributed by atoms with Crippen molar-refractivity contribution in [3.05, 3.63) is 21.4 Å². The Bertz CT molecular complexity index is 507. The van der Waals surface area contributed by atoms with Crippen LogP contribution in [0, 0.1) is 0 Å². The van der Waals surface area contributed by atoms with Gasteiger partial charge in [0.25, 0.3) is 5.91 Å². The number of rotatable bonds is 4. The lowest BCUT2D eigenvalue weighted by Crippen LogP contribution is -2.46. The summed E-state index contributed by atoms with van der Waals surface area (Å²) in [7, 11) is 0. The molecule has 0 bridgehead atoms. The van der Waals surface area contributed by atoms with Gasteiger partial charge in [0.1, 0.15) is 0 Å². The third-order valence-electron chi connectivity index (χ3n) is 3.36. The summed E-state index contributed by atoms with van der Waals surface area (Å²) < 4.78 is 0. The molecule has 0 fully saturated rings. The maximum Gasteiger partial charge on any atom is 0.337 e. The van der Waals surface area contributed by atoms with Crippen LogP contribution in [0.2, 0.25) is 0 Å². The fourth-order valence-electron chi connectivity index (χ4n) is 2.11. The highest BCUT2D eigenvalue weighted by Gasteiger charge is 2.31. The standard InChI is InChI=1S/C13H17NO4S/c1-13(18,12(16)17)7-14-11(15)9-6-19-10-5-3-2-4-8(9)10/h6,18H,2-5,7H2,1H3,(H,14,15)(H,16,17). The number of carboxylic acids is 1. The summed E-state index contributed by atoms with van der Waals surface area (Å²) in [5.41, 5.74) is -0.226. The van der Waals surface area contributed by atoms with Crippen LogP contribution in [0.3, 0.4) is 0 Å². The molecule has 0 saturated heterocycles. The van der Waals surface area contributed by atoms with Crippen molar-refractivity contribution in [3.8, 4) is 0 Å². The van der Waals surface area contributed by atoms with Crippen molar-refractivity contribution in [2.45, 2.75) is 38.2 Å². The molecular formula is C13H17NO4S. The number of hydrogen-bond donors (Lipinski definition) is 3. The Hall–Kier alpha value is -1.40.